The molecule has 6 heteroatoms. The van der Waals surface area contributed by atoms with Crippen LogP contribution in [0.5, 0.6) is 0 Å². The van der Waals surface area contributed by atoms with Crippen molar-refractivity contribution in [3.63, 3.8) is 0 Å². The average Bonchev–Trinajstić information content (AvgIpc) is 2.10. The van der Waals surface area contributed by atoms with E-state index in [1.54, 1.807) is 6.92 Å². The fourth-order valence-corrected chi connectivity index (χ4v) is 0.793. The van der Waals surface area contributed by atoms with Crippen LogP contribution in [0, 0.1) is 0 Å². The number of amides is 1. The maximum Gasteiger partial charge on any atom is 0.389 e. The van der Waals surface area contributed by atoms with E-state index in [0.717, 1.165) is 4.90 Å². The number of carbonyl (C=O) groups is 1. The first kappa shape index (κ1) is 13.2. The molecule has 1 unspecified atom stereocenters. The molecule has 0 aromatic heterocycles. The molecule has 1 N–H and O–H groups in total. The monoisotopic (exact) mass is 213 g/mol. The lowest BCUT2D eigenvalue weighted by Gasteiger charge is -2.23. The lowest BCUT2D eigenvalue weighted by Crippen LogP contribution is -2.37. The molecule has 0 aliphatic carbocycles. The molecule has 14 heavy (non-hydrogen) atoms. The normalized spacial score (nSPS) is 13.9. The Balaban J connectivity index is 3.97. The lowest BCUT2D eigenvalue weighted by molar-refractivity contribution is -0.149. The van der Waals surface area contributed by atoms with Crippen molar-refractivity contribution in [2.75, 3.05) is 13.7 Å². The van der Waals surface area contributed by atoms with E-state index in [9.17, 15) is 18.0 Å². The molecular weight excluding hydrogens is 199 g/mol. The second kappa shape index (κ2) is 5.19. The third-order valence-electron chi connectivity index (χ3n) is 1.94. The van der Waals surface area contributed by atoms with Crippen LogP contribution in [0.25, 0.3) is 0 Å². The zero-order valence-electron chi connectivity index (χ0n) is 8.14. The summed E-state index contributed by atoms with van der Waals surface area (Å²) in [6.45, 7) is 1.31. The first-order valence-electron chi connectivity index (χ1n) is 4.21. The SMILES string of the molecule is CC(CO)N(C)C(=O)CCC(F)(F)F. The summed E-state index contributed by atoms with van der Waals surface area (Å²) in [4.78, 5) is 12.2. The molecule has 0 saturated carbocycles. The van der Waals surface area contributed by atoms with Gasteiger partial charge in [-0.15, -0.1) is 0 Å². The van der Waals surface area contributed by atoms with Crippen molar-refractivity contribution in [3.05, 3.63) is 0 Å². The number of alkyl halides is 3. The fourth-order valence-electron chi connectivity index (χ4n) is 0.793. The highest BCUT2D eigenvalue weighted by Crippen LogP contribution is 2.21. The predicted molar refractivity (Wildman–Crippen MR) is 44.6 cm³/mol. The van der Waals surface area contributed by atoms with E-state index in [0.29, 0.717) is 0 Å². The molecule has 0 aliphatic heterocycles. The molecule has 1 atom stereocenters. The van der Waals surface area contributed by atoms with Crippen LogP contribution in [-0.2, 0) is 4.79 Å². The Morgan fingerprint density at radius 2 is 2.00 bits per heavy atom. The molecule has 0 aromatic rings. The van der Waals surface area contributed by atoms with Crippen molar-refractivity contribution in [2.45, 2.75) is 32.0 Å². The number of hydrogen-bond acceptors (Lipinski definition) is 2. The highest BCUT2D eigenvalue weighted by Gasteiger charge is 2.29. The van der Waals surface area contributed by atoms with E-state index < -0.39 is 31.0 Å². The molecule has 0 rings (SSSR count). The van der Waals surface area contributed by atoms with Gasteiger partial charge in [0.1, 0.15) is 0 Å². The van der Waals surface area contributed by atoms with E-state index >= 15 is 0 Å². The van der Waals surface area contributed by atoms with Crippen LogP contribution in [0.1, 0.15) is 19.8 Å². The second-order valence-corrected chi connectivity index (χ2v) is 3.15. The van der Waals surface area contributed by atoms with Gasteiger partial charge >= 0.3 is 6.18 Å². The van der Waals surface area contributed by atoms with Crippen LogP contribution in [0.15, 0.2) is 0 Å². The topological polar surface area (TPSA) is 40.5 Å². The molecule has 0 bridgehead atoms. The number of aliphatic hydroxyl groups is 1. The van der Waals surface area contributed by atoms with Crippen LogP contribution >= 0.6 is 0 Å². The summed E-state index contributed by atoms with van der Waals surface area (Å²) in [6, 6.07) is -0.448. The minimum Gasteiger partial charge on any atom is -0.394 e. The van der Waals surface area contributed by atoms with Crippen molar-refractivity contribution >= 4 is 5.91 Å². The Kier molecular flexibility index (Phi) is 4.90. The predicted octanol–water partition coefficient (Wildman–Crippen LogP) is 1.17. The molecule has 0 aromatic carbocycles. The van der Waals surface area contributed by atoms with Crippen LogP contribution < -0.4 is 0 Å². The van der Waals surface area contributed by atoms with E-state index in [1.165, 1.54) is 7.05 Å². The van der Waals surface area contributed by atoms with Crippen LogP contribution in [-0.4, -0.2) is 41.8 Å². The highest BCUT2D eigenvalue weighted by atomic mass is 19.4. The smallest absolute Gasteiger partial charge is 0.389 e. The first-order valence-corrected chi connectivity index (χ1v) is 4.21. The summed E-state index contributed by atoms with van der Waals surface area (Å²) >= 11 is 0. The van der Waals surface area contributed by atoms with Gasteiger partial charge in [0.15, 0.2) is 0 Å². The standard InChI is InChI=1S/C8H14F3NO2/c1-6(5-13)12(2)7(14)3-4-8(9,10)11/h6,13H,3-5H2,1-2H3. The molecule has 0 fully saturated rings. The summed E-state index contributed by atoms with van der Waals surface area (Å²) in [5.41, 5.74) is 0. The van der Waals surface area contributed by atoms with E-state index in [1.807, 2.05) is 0 Å². The molecule has 0 spiro atoms. The van der Waals surface area contributed by atoms with Gasteiger partial charge in [0.2, 0.25) is 5.91 Å². The van der Waals surface area contributed by atoms with Gasteiger partial charge in [0.05, 0.1) is 19.1 Å². The first-order chi connectivity index (χ1) is 6.28. The molecular formula is C8H14F3NO2. The number of nitrogens with zero attached hydrogens (tertiary/aromatic N) is 1. The molecule has 0 saturated heterocycles. The van der Waals surface area contributed by atoms with Crippen LogP contribution in [0.3, 0.4) is 0 Å². The van der Waals surface area contributed by atoms with Gasteiger partial charge in [-0.2, -0.15) is 13.2 Å². The number of halogens is 3. The lowest BCUT2D eigenvalue weighted by atomic mass is 10.2. The van der Waals surface area contributed by atoms with Crippen molar-refractivity contribution in [3.8, 4) is 0 Å². The van der Waals surface area contributed by atoms with Crippen LogP contribution in [0.4, 0.5) is 13.2 Å². The minimum absolute atomic E-state index is 0.256. The minimum atomic E-state index is -4.31. The summed E-state index contributed by atoms with van der Waals surface area (Å²) in [5.74, 6) is -0.608. The third kappa shape index (κ3) is 5.06. The van der Waals surface area contributed by atoms with Gasteiger partial charge in [-0.05, 0) is 6.92 Å². The Labute approximate surface area is 80.5 Å². The fraction of sp³-hybridized carbons (Fsp3) is 0.875. The van der Waals surface area contributed by atoms with E-state index in [4.69, 9.17) is 5.11 Å². The van der Waals surface area contributed by atoms with Gasteiger partial charge in [-0.25, -0.2) is 0 Å². The van der Waals surface area contributed by atoms with Crippen molar-refractivity contribution in [2.24, 2.45) is 0 Å². The summed E-state index contributed by atoms with van der Waals surface area (Å²) in [6.07, 6.45) is -5.99. The number of aliphatic hydroxyl groups excluding tert-OH is 1. The Bertz CT molecular complexity index is 194. The number of hydrogen-bond donors (Lipinski definition) is 1. The maximum atomic E-state index is 11.7. The molecule has 84 valence electrons. The number of carbonyl (C=O) groups excluding carboxylic acids is 1. The molecule has 0 radical (unpaired) electrons. The molecule has 3 nitrogen and oxygen atoms in total. The Morgan fingerprint density at radius 1 is 1.50 bits per heavy atom. The van der Waals surface area contributed by atoms with E-state index in [-0.39, 0.29) is 6.61 Å². The van der Waals surface area contributed by atoms with Crippen LogP contribution in [0.2, 0.25) is 0 Å². The Morgan fingerprint density at radius 3 is 2.36 bits per heavy atom. The van der Waals surface area contributed by atoms with Gasteiger partial charge in [-0.3, -0.25) is 4.79 Å². The number of likely N-dealkylation sites (N-methyl/N-ethyl adjacent to an activating group) is 1. The number of rotatable bonds is 4. The summed E-state index contributed by atoms with van der Waals surface area (Å²) in [5, 5.41) is 8.67. The quantitative estimate of drug-likeness (QED) is 0.761. The highest BCUT2D eigenvalue weighted by molar-refractivity contribution is 5.76. The van der Waals surface area contributed by atoms with Crippen molar-refractivity contribution in [1.82, 2.24) is 4.90 Å². The van der Waals surface area contributed by atoms with Crippen molar-refractivity contribution < 1.29 is 23.1 Å². The zero-order valence-corrected chi connectivity index (χ0v) is 8.14. The van der Waals surface area contributed by atoms with Crippen molar-refractivity contribution in [1.29, 1.82) is 0 Å². The van der Waals surface area contributed by atoms with Gasteiger partial charge in [-0.1, -0.05) is 0 Å². The Hall–Kier alpha value is -0.780. The van der Waals surface area contributed by atoms with Gasteiger partial charge in [0, 0.05) is 13.5 Å². The maximum absolute atomic E-state index is 11.7. The molecule has 1 amide bonds. The molecule has 0 heterocycles. The second-order valence-electron chi connectivity index (χ2n) is 3.15. The summed E-state index contributed by atoms with van der Waals surface area (Å²) in [7, 11) is 1.37. The summed E-state index contributed by atoms with van der Waals surface area (Å²) < 4.78 is 35.2. The zero-order chi connectivity index (χ0) is 11.4. The largest absolute Gasteiger partial charge is 0.394 e. The average molecular weight is 213 g/mol. The van der Waals surface area contributed by atoms with Gasteiger partial charge in [0.25, 0.3) is 0 Å². The molecule has 0 aliphatic rings. The van der Waals surface area contributed by atoms with E-state index in [2.05, 4.69) is 0 Å². The third-order valence-corrected chi connectivity index (χ3v) is 1.94. The van der Waals surface area contributed by atoms with Gasteiger partial charge < -0.3 is 10.0 Å².